The number of nitrogens with one attached hydrogen (secondary N) is 2. The van der Waals surface area contributed by atoms with Crippen LogP contribution in [0.4, 0.5) is 4.79 Å². The number of nitrogens with zero attached hydrogens (tertiary/aromatic N) is 2. The van der Waals surface area contributed by atoms with Crippen molar-refractivity contribution >= 4 is 29.6 Å². The van der Waals surface area contributed by atoms with Crippen molar-refractivity contribution in [1.29, 1.82) is 0 Å². The normalized spacial score (nSPS) is 27.1. The van der Waals surface area contributed by atoms with E-state index in [1.807, 2.05) is 72.8 Å². The minimum atomic E-state index is -1.43. The van der Waals surface area contributed by atoms with Crippen molar-refractivity contribution in [3.63, 3.8) is 0 Å². The van der Waals surface area contributed by atoms with Gasteiger partial charge in [0.15, 0.2) is 0 Å². The molecule has 0 unspecified atom stereocenters. The minimum absolute atomic E-state index is 0.0210. The van der Waals surface area contributed by atoms with Gasteiger partial charge in [-0.2, -0.15) is 0 Å². The van der Waals surface area contributed by atoms with Gasteiger partial charge in [-0.25, -0.2) is 9.59 Å². The van der Waals surface area contributed by atoms with Crippen LogP contribution in [0.3, 0.4) is 0 Å². The summed E-state index contributed by atoms with van der Waals surface area (Å²) in [4.78, 5) is 60.8. The molecule has 250 valence electrons. The highest BCUT2D eigenvalue weighted by Crippen LogP contribution is 2.45. The van der Waals surface area contributed by atoms with E-state index in [2.05, 4.69) is 15.8 Å². The Labute approximate surface area is 275 Å². The second-order valence-electron chi connectivity index (χ2n) is 13.5. The molecule has 5 rings (SSSR count). The summed E-state index contributed by atoms with van der Waals surface area (Å²) < 4.78 is 5.46. The summed E-state index contributed by atoms with van der Waals surface area (Å²) in [5.74, 6) is -2.48. The summed E-state index contributed by atoms with van der Waals surface area (Å²) in [5.41, 5.74) is 0.0550. The van der Waals surface area contributed by atoms with Crippen molar-refractivity contribution in [2.45, 2.75) is 95.0 Å². The van der Waals surface area contributed by atoms with E-state index in [0.717, 1.165) is 30.4 Å². The number of ether oxygens (including phenoxy) is 1. The van der Waals surface area contributed by atoms with Crippen molar-refractivity contribution in [3.05, 3.63) is 83.9 Å². The zero-order valence-electron chi connectivity index (χ0n) is 27.2. The lowest BCUT2D eigenvalue weighted by Crippen LogP contribution is -2.56. The predicted molar refractivity (Wildman–Crippen MR) is 176 cm³/mol. The molecule has 0 spiro atoms. The number of carboxylic acid groups (broad SMARTS) is 1. The van der Waals surface area contributed by atoms with Crippen LogP contribution in [0.15, 0.2) is 78.0 Å². The maximum atomic E-state index is 14.2. The van der Waals surface area contributed by atoms with Crippen LogP contribution in [0.5, 0.6) is 0 Å². The van der Waals surface area contributed by atoms with Gasteiger partial charge in [0, 0.05) is 23.5 Å². The van der Waals surface area contributed by atoms with Crippen LogP contribution in [0.25, 0.3) is 0 Å². The van der Waals surface area contributed by atoms with Crippen LogP contribution >= 0.6 is 0 Å². The molecule has 2 aliphatic heterocycles. The van der Waals surface area contributed by atoms with E-state index in [9.17, 15) is 24.3 Å². The van der Waals surface area contributed by atoms with E-state index >= 15 is 0 Å². The second-order valence-corrected chi connectivity index (χ2v) is 13.5. The third-order valence-electron chi connectivity index (χ3n) is 8.70. The maximum absolute atomic E-state index is 14.2. The van der Waals surface area contributed by atoms with E-state index < -0.39 is 53.2 Å². The molecule has 47 heavy (non-hydrogen) atoms. The Kier molecular flexibility index (Phi) is 10.3. The number of carbonyl (C=O) groups excluding carboxylic acids is 3. The smallest absolute Gasteiger partial charge is 0.408 e. The number of aliphatic carboxylic acids is 1. The highest BCUT2D eigenvalue weighted by Gasteiger charge is 2.61. The number of carboxylic acids is 1. The van der Waals surface area contributed by atoms with Gasteiger partial charge >= 0.3 is 12.1 Å². The van der Waals surface area contributed by atoms with Gasteiger partial charge in [0.1, 0.15) is 35.0 Å². The summed E-state index contributed by atoms with van der Waals surface area (Å²) in [6.45, 7) is 5.24. The van der Waals surface area contributed by atoms with Gasteiger partial charge in [0.25, 0.3) is 0 Å². The van der Waals surface area contributed by atoms with Gasteiger partial charge in [0.2, 0.25) is 11.8 Å². The largest absolute Gasteiger partial charge is 0.479 e. The molecule has 3 amide bonds. The molecule has 11 nitrogen and oxygen atoms in total. The Balaban J connectivity index is 1.44. The molecule has 2 aromatic carbocycles. The molecular weight excluding hydrogens is 600 g/mol. The molecule has 1 saturated carbocycles. The number of allylic oxidation sites excluding steroid dienone is 1. The quantitative estimate of drug-likeness (QED) is 0.233. The molecule has 2 aromatic rings. The van der Waals surface area contributed by atoms with Crippen molar-refractivity contribution in [1.82, 2.24) is 15.5 Å². The molecule has 1 saturated heterocycles. The first kappa shape index (κ1) is 33.7. The number of rotatable bonds is 6. The number of hydrogen-bond acceptors (Lipinski definition) is 7. The molecule has 0 aromatic heterocycles. The lowest BCUT2D eigenvalue weighted by molar-refractivity contribution is -0.145. The Morgan fingerprint density at radius 3 is 2.28 bits per heavy atom. The topological polar surface area (TPSA) is 147 Å². The molecule has 5 atom stereocenters. The first-order chi connectivity index (χ1) is 22.5. The minimum Gasteiger partial charge on any atom is -0.479 e. The summed E-state index contributed by atoms with van der Waals surface area (Å²) in [6, 6.07) is 17.1. The molecular formula is C36H44N4O7. The SMILES string of the molecule is CC(C)(C)OC(=O)N[C@H]1CCCCC/C=C\[C@@H]2C[C@]2(C(=O)O)NC(=O)[C@@H]2C[C@@H](ON=C(c3ccccc3)c3ccccc3)CN2C1=O. The first-order valence-corrected chi connectivity index (χ1v) is 16.3. The van der Waals surface area contributed by atoms with Crippen LogP contribution in [0, 0.1) is 5.92 Å². The van der Waals surface area contributed by atoms with E-state index in [1.54, 1.807) is 20.8 Å². The third-order valence-corrected chi connectivity index (χ3v) is 8.70. The molecule has 3 aliphatic rings. The van der Waals surface area contributed by atoms with E-state index in [1.165, 1.54) is 4.90 Å². The summed E-state index contributed by atoms with van der Waals surface area (Å²) in [5, 5.41) is 20.1. The summed E-state index contributed by atoms with van der Waals surface area (Å²) >= 11 is 0. The molecule has 0 bridgehead atoms. The Hall–Kier alpha value is -4.67. The van der Waals surface area contributed by atoms with E-state index in [-0.39, 0.29) is 25.3 Å². The zero-order valence-corrected chi connectivity index (χ0v) is 27.2. The van der Waals surface area contributed by atoms with Crippen LogP contribution < -0.4 is 10.6 Å². The van der Waals surface area contributed by atoms with Gasteiger partial charge in [-0.05, 0) is 46.5 Å². The second kappa shape index (κ2) is 14.4. The van der Waals surface area contributed by atoms with Crippen LogP contribution in [-0.2, 0) is 24.0 Å². The molecule has 2 fully saturated rings. The highest BCUT2D eigenvalue weighted by atomic mass is 16.6. The van der Waals surface area contributed by atoms with E-state index in [0.29, 0.717) is 18.6 Å². The Bertz CT molecular complexity index is 1460. The third kappa shape index (κ3) is 8.38. The number of oxime groups is 1. The molecule has 1 aliphatic carbocycles. The van der Waals surface area contributed by atoms with Crippen LogP contribution in [-0.4, -0.2) is 75.5 Å². The van der Waals surface area contributed by atoms with Crippen molar-refractivity contribution < 1.29 is 33.9 Å². The number of alkyl carbamates (subject to hydrolysis) is 1. The average Bonchev–Trinajstić information content (AvgIpc) is 3.56. The number of fused-ring (bicyclic) bond motifs is 2. The maximum Gasteiger partial charge on any atom is 0.408 e. The molecule has 2 heterocycles. The predicted octanol–water partition coefficient (Wildman–Crippen LogP) is 4.80. The standard InChI is InChI=1S/C36H44N4O7/c1-35(2,3)46-34(45)37-28-20-14-6-4-5-13-19-26-22-36(26,33(43)44)38-31(41)29-21-27(23-40(29)32(28)42)47-39-30(24-15-9-7-10-16-24)25-17-11-8-12-18-25/h7-13,15-19,26-29H,4-6,14,20-23H2,1-3H3,(H,37,45)(H,38,41)(H,43,44)/b19-13-/t26-,27-,28+,29+,36+/m1/s1. The Morgan fingerprint density at radius 2 is 1.66 bits per heavy atom. The lowest BCUT2D eigenvalue weighted by Gasteiger charge is -2.30. The van der Waals surface area contributed by atoms with Gasteiger partial charge in [-0.1, -0.05) is 90.8 Å². The number of carbonyl (C=O) groups is 4. The summed E-state index contributed by atoms with van der Waals surface area (Å²) in [6.07, 6.45) is 6.21. The molecule has 0 radical (unpaired) electrons. The number of amides is 3. The molecule has 3 N–H and O–H groups in total. The molecule has 11 heteroatoms. The zero-order chi connectivity index (χ0) is 33.6. The van der Waals surface area contributed by atoms with Crippen molar-refractivity contribution in [2.75, 3.05) is 6.54 Å². The van der Waals surface area contributed by atoms with Gasteiger partial charge in [-0.3, -0.25) is 9.59 Å². The van der Waals surface area contributed by atoms with E-state index in [4.69, 9.17) is 9.57 Å². The fourth-order valence-electron chi connectivity index (χ4n) is 6.18. The first-order valence-electron chi connectivity index (χ1n) is 16.3. The van der Waals surface area contributed by atoms with Crippen molar-refractivity contribution in [3.8, 4) is 0 Å². The van der Waals surface area contributed by atoms with Gasteiger partial charge < -0.3 is 30.2 Å². The average molecular weight is 645 g/mol. The fourth-order valence-corrected chi connectivity index (χ4v) is 6.18. The lowest BCUT2D eigenvalue weighted by atomic mass is 10.0. The fraction of sp³-hybridized carbons (Fsp3) is 0.472. The number of hydrogen-bond donors (Lipinski definition) is 3. The van der Waals surface area contributed by atoms with Gasteiger partial charge in [-0.15, -0.1) is 0 Å². The van der Waals surface area contributed by atoms with Crippen LogP contribution in [0.2, 0.25) is 0 Å². The monoisotopic (exact) mass is 644 g/mol. The van der Waals surface area contributed by atoms with Crippen LogP contribution in [0.1, 0.15) is 76.8 Å². The van der Waals surface area contributed by atoms with Gasteiger partial charge in [0.05, 0.1) is 6.54 Å². The number of benzene rings is 2. The Morgan fingerprint density at radius 1 is 1.00 bits per heavy atom. The van der Waals surface area contributed by atoms with Crippen molar-refractivity contribution in [2.24, 2.45) is 11.1 Å². The highest BCUT2D eigenvalue weighted by molar-refractivity contribution is 6.12. The summed E-state index contributed by atoms with van der Waals surface area (Å²) in [7, 11) is 0.